The van der Waals surface area contributed by atoms with Crippen molar-refractivity contribution in [3.63, 3.8) is 0 Å². The zero-order chi connectivity index (χ0) is 27.1. The Morgan fingerprint density at radius 3 is 2.69 bits per heavy atom. The first-order valence-corrected chi connectivity index (χ1v) is 13.2. The molecule has 2 aliphatic rings. The minimum absolute atomic E-state index is 0.00261. The van der Waals surface area contributed by atoms with Gasteiger partial charge in [-0.3, -0.25) is 4.79 Å². The van der Waals surface area contributed by atoms with Gasteiger partial charge in [-0.1, -0.05) is 36.4 Å². The summed E-state index contributed by atoms with van der Waals surface area (Å²) in [6.07, 6.45) is 1.61. The Bertz CT molecular complexity index is 1640. The van der Waals surface area contributed by atoms with E-state index in [1.54, 1.807) is 6.21 Å². The monoisotopic (exact) mass is 523 g/mol. The van der Waals surface area contributed by atoms with Gasteiger partial charge in [-0.05, 0) is 55.7 Å². The lowest BCUT2D eigenvalue weighted by Gasteiger charge is -2.29. The molecule has 6 rings (SSSR count). The summed E-state index contributed by atoms with van der Waals surface area (Å²) in [6.45, 7) is 8.50. The predicted octanol–water partition coefficient (Wildman–Crippen LogP) is 4.14. The van der Waals surface area contributed by atoms with Crippen molar-refractivity contribution in [3.8, 4) is 11.1 Å². The van der Waals surface area contributed by atoms with Gasteiger partial charge in [0, 0.05) is 35.4 Å². The molecule has 3 heterocycles. The number of hydrogen-bond acceptors (Lipinski definition) is 8. The van der Waals surface area contributed by atoms with Crippen molar-refractivity contribution in [2.75, 3.05) is 36.5 Å². The standard InChI is InChI=1S/C30H30BN3O5/c1-18-14-24(29-25(15-18)28(35)19(2)30(38-29)34-10-12-37-13-11-34)20(3)33-27-7-5-4-6-23(27)21-8-9-26-22(16-21)17-32-39-31(26)36/h4-9,14-17,20,33,36H,10-13H2,1-3H3. The van der Waals surface area contributed by atoms with Crippen molar-refractivity contribution in [1.82, 2.24) is 0 Å². The minimum Gasteiger partial charge on any atom is -0.440 e. The summed E-state index contributed by atoms with van der Waals surface area (Å²) < 4.78 is 17.0. The number of oxime groups is 1. The number of aryl methyl sites for hydroxylation is 1. The van der Waals surface area contributed by atoms with Crippen molar-refractivity contribution in [2.24, 2.45) is 5.16 Å². The lowest BCUT2D eigenvalue weighted by Crippen LogP contribution is -2.37. The molecule has 3 aromatic carbocycles. The number of fused-ring (bicyclic) bond motifs is 2. The van der Waals surface area contributed by atoms with Crippen molar-refractivity contribution in [1.29, 1.82) is 0 Å². The van der Waals surface area contributed by atoms with E-state index in [0.717, 1.165) is 33.5 Å². The second kappa shape index (κ2) is 10.2. The van der Waals surface area contributed by atoms with Gasteiger partial charge in [0.1, 0.15) is 5.58 Å². The fraction of sp³-hybridized carbons (Fsp3) is 0.267. The molecule has 0 amide bonds. The maximum absolute atomic E-state index is 13.5. The van der Waals surface area contributed by atoms with E-state index in [1.165, 1.54) is 0 Å². The molecule has 0 saturated carbocycles. The number of hydrogen-bond donors (Lipinski definition) is 2. The van der Waals surface area contributed by atoms with Crippen LogP contribution < -0.4 is 21.1 Å². The van der Waals surface area contributed by atoms with Gasteiger partial charge in [-0.15, -0.1) is 5.16 Å². The average molecular weight is 523 g/mol. The number of para-hydroxylation sites is 1. The maximum atomic E-state index is 13.5. The van der Waals surface area contributed by atoms with E-state index in [-0.39, 0.29) is 11.5 Å². The third-order valence-corrected chi connectivity index (χ3v) is 7.45. The van der Waals surface area contributed by atoms with E-state index in [2.05, 4.69) is 34.4 Å². The number of rotatable bonds is 5. The Kier molecular flexibility index (Phi) is 6.62. The topological polar surface area (TPSA) is 96.5 Å². The Balaban J connectivity index is 1.40. The molecule has 4 aromatic rings. The molecule has 9 heteroatoms. The molecular formula is C30H30BN3O5. The van der Waals surface area contributed by atoms with Gasteiger partial charge in [-0.2, -0.15) is 0 Å². The van der Waals surface area contributed by atoms with Gasteiger partial charge in [0.15, 0.2) is 5.43 Å². The van der Waals surface area contributed by atoms with E-state index in [4.69, 9.17) is 13.9 Å². The van der Waals surface area contributed by atoms with Crippen LogP contribution in [0.3, 0.4) is 0 Å². The van der Waals surface area contributed by atoms with Crippen LogP contribution in [-0.4, -0.2) is 44.7 Å². The number of benzene rings is 3. The normalized spacial score (nSPS) is 15.7. The van der Waals surface area contributed by atoms with Crippen LogP contribution >= 0.6 is 0 Å². The highest BCUT2D eigenvalue weighted by Crippen LogP contribution is 2.35. The van der Waals surface area contributed by atoms with E-state index in [1.807, 2.05) is 56.3 Å². The third kappa shape index (κ3) is 4.68. The minimum atomic E-state index is -1.07. The van der Waals surface area contributed by atoms with E-state index in [9.17, 15) is 9.82 Å². The molecule has 1 aromatic heterocycles. The molecule has 198 valence electrons. The first-order valence-electron chi connectivity index (χ1n) is 13.2. The highest BCUT2D eigenvalue weighted by atomic mass is 16.6. The summed E-state index contributed by atoms with van der Waals surface area (Å²) in [5.74, 6) is 0.621. The number of anilines is 2. The Labute approximate surface area is 227 Å². The summed E-state index contributed by atoms with van der Waals surface area (Å²) in [5, 5.41) is 18.1. The quantitative estimate of drug-likeness (QED) is 0.380. The average Bonchev–Trinajstić information content (AvgIpc) is 2.95. The predicted molar refractivity (Wildman–Crippen MR) is 155 cm³/mol. The lowest BCUT2D eigenvalue weighted by molar-refractivity contribution is 0.120. The van der Waals surface area contributed by atoms with Gasteiger partial charge in [0.25, 0.3) is 0 Å². The molecule has 1 saturated heterocycles. The Morgan fingerprint density at radius 2 is 1.87 bits per heavy atom. The highest BCUT2D eigenvalue weighted by Gasteiger charge is 2.26. The Morgan fingerprint density at radius 1 is 1.08 bits per heavy atom. The third-order valence-electron chi connectivity index (χ3n) is 7.45. The number of nitrogens with one attached hydrogen (secondary N) is 1. The maximum Gasteiger partial charge on any atom is 0.583 e. The second-order valence-electron chi connectivity index (χ2n) is 10.1. The first-order chi connectivity index (χ1) is 18.9. The van der Waals surface area contributed by atoms with Crippen molar-refractivity contribution in [2.45, 2.75) is 26.8 Å². The molecular weight excluding hydrogens is 493 g/mol. The van der Waals surface area contributed by atoms with Crippen LogP contribution in [0.5, 0.6) is 0 Å². The molecule has 0 bridgehead atoms. The van der Waals surface area contributed by atoms with Gasteiger partial charge in [0.05, 0.1) is 36.4 Å². The summed E-state index contributed by atoms with van der Waals surface area (Å²) >= 11 is 0. The number of nitrogens with zero attached hydrogens (tertiary/aromatic N) is 2. The van der Waals surface area contributed by atoms with Gasteiger partial charge in [-0.25, -0.2) is 0 Å². The largest absolute Gasteiger partial charge is 0.583 e. The van der Waals surface area contributed by atoms with E-state index < -0.39 is 7.12 Å². The fourth-order valence-corrected chi connectivity index (χ4v) is 5.40. The molecule has 0 spiro atoms. The smallest absolute Gasteiger partial charge is 0.440 e. The highest BCUT2D eigenvalue weighted by molar-refractivity contribution is 6.62. The molecule has 0 aliphatic carbocycles. The first kappa shape index (κ1) is 25.2. The Hall–Kier alpha value is -4.08. The van der Waals surface area contributed by atoms with Crippen LogP contribution in [0.4, 0.5) is 11.6 Å². The van der Waals surface area contributed by atoms with Crippen LogP contribution in [0.15, 0.2) is 69.0 Å². The van der Waals surface area contributed by atoms with Crippen LogP contribution in [0.25, 0.3) is 22.1 Å². The van der Waals surface area contributed by atoms with Crippen molar-refractivity contribution >= 4 is 41.3 Å². The van der Waals surface area contributed by atoms with Gasteiger partial charge in [0.2, 0.25) is 5.88 Å². The number of morpholine rings is 1. The van der Waals surface area contributed by atoms with Gasteiger partial charge < -0.3 is 29.1 Å². The van der Waals surface area contributed by atoms with Crippen LogP contribution in [0.1, 0.15) is 35.2 Å². The van der Waals surface area contributed by atoms with Crippen LogP contribution in [0, 0.1) is 13.8 Å². The SMILES string of the molecule is Cc1cc(C(C)Nc2ccccc2-c2ccc3c(c2)C=NOB3O)c2oc(N3CCOCC3)c(C)c(=O)c2c1. The molecule has 1 unspecified atom stereocenters. The molecule has 39 heavy (non-hydrogen) atoms. The summed E-state index contributed by atoms with van der Waals surface area (Å²) in [4.78, 5) is 15.6. The molecule has 8 nitrogen and oxygen atoms in total. The van der Waals surface area contributed by atoms with Gasteiger partial charge >= 0.3 is 7.12 Å². The molecule has 2 aliphatic heterocycles. The fourth-order valence-electron chi connectivity index (χ4n) is 5.40. The van der Waals surface area contributed by atoms with Crippen molar-refractivity contribution < 1.29 is 18.9 Å². The molecule has 1 atom stereocenters. The van der Waals surface area contributed by atoms with Crippen LogP contribution in [0.2, 0.25) is 0 Å². The summed E-state index contributed by atoms with van der Waals surface area (Å²) in [6, 6.07) is 17.7. The number of ether oxygens (including phenoxy) is 1. The molecule has 2 N–H and O–H groups in total. The van der Waals surface area contributed by atoms with E-state index in [0.29, 0.717) is 54.2 Å². The lowest BCUT2D eigenvalue weighted by atomic mass is 9.75. The summed E-state index contributed by atoms with van der Waals surface area (Å²) in [5.41, 5.74) is 7.56. The molecule has 1 fully saturated rings. The van der Waals surface area contributed by atoms with E-state index >= 15 is 0 Å². The zero-order valence-corrected chi connectivity index (χ0v) is 22.2. The van der Waals surface area contributed by atoms with Crippen molar-refractivity contribution in [3.05, 3.63) is 87.1 Å². The van der Waals surface area contributed by atoms with Crippen LogP contribution in [-0.2, 0) is 9.49 Å². The second-order valence-corrected chi connectivity index (χ2v) is 10.1. The zero-order valence-electron chi connectivity index (χ0n) is 22.2. The molecule has 0 radical (unpaired) electrons. The summed E-state index contributed by atoms with van der Waals surface area (Å²) in [7, 11) is -1.07.